The van der Waals surface area contributed by atoms with Crippen LogP contribution in [0.4, 0.5) is 4.39 Å². The third-order valence-corrected chi connectivity index (χ3v) is 6.03. The Balaban J connectivity index is 1.72. The number of thiazole rings is 1. The second-order valence-electron chi connectivity index (χ2n) is 5.69. The van der Waals surface area contributed by atoms with Crippen LogP contribution < -0.4 is 0 Å². The summed E-state index contributed by atoms with van der Waals surface area (Å²) in [6.45, 7) is 2.36. The first-order valence-corrected chi connectivity index (χ1v) is 9.64. The number of carbonyl (C=O) groups excluding carboxylic acids is 1. The molecule has 0 saturated carbocycles. The highest BCUT2D eigenvalue weighted by Crippen LogP contribution is 2.25. The molecule has 0 fully saturated rings. The van der Waals surface area contributed by atoms with Crippen molar-refractivity contribution < 1.29 is 9.18 Å². The number of rotatable bonds is 5. The molecule has 0 saturated heterocycles. The van der Waals surface area contributed by atoms with Crippen LogP contribution in [0.1, 0.15) is 30.8 Å². The van der Waals surface area contributed by atoms with Crippen LogP contribution in [0, 0.1) is 12.7 Å². The summed E-state index contributed by atoms with van der Waals surface area (Å²) < 4.78 is 13.7. The van der Waals surface area contributed by atoms with Crippen LogP contribution in [0.2, 0.25) is 4.34 Å². The van der Waals surface area contributed by atoms with Crippen LogP contribution >= 0.6 is 34.3 Å². The zero-order chi connectivity index (χ0) is 18.0. The SMILES string of the molecule is Cc1nc(Cc2ccc(F)cc2)sc1C(=O)N(C)Cc1ccc(Cl)s1. The van der Waals surface area contributed by atoms with Crippen LogP contribution in [-0.2, 0) is 13.0 Å². The normalized spacial score (nSPS) is 10.9. The number of halogens is 2. The predicted molar refractivity (Wildman–Crippen MR) is 101 cm³/mol. The minimum atomic E-state index is -0.259. The largest absolute Gasteiger partial charge is 0.336 e. The molecule has 25 heavy (non-hydrogen) atoms. The fourth-order valence-corrected chi connectivity index (χ4v) is 4.65. The van der Waals surface area contributed by atoms with Crippen LogP contribution in [0.15, 0.2) is 36.4 Å². The standard InChI is InChI=1S/C18H16ClFN2OS2/c1-11-17(18(23)22(2)10-14-7-8-15(19)24-14)25-16(21-11)9-12-3-5-13(20)6-4-12/h3-8H,9-10H2,1-2H3. The third-order valence-electron chi connectivity index (χ3n) is 3.67. The van der Waals surface area contributed by atoms with Gasteiger partial charge in [0, 0.05) is 18.3 Å². The van der Waals surface area contributed by atoms with E-state index in [4.69, 9.17) is 11.6 Å². The molecule has 3 nitrogen and oxygen atoms in total. The average molecular weight is 395 g/mol. The van der Waals surface area contributed by atoms with Crippen molar-refractivity contribution in [1.82, 2.24) is 9.88 Å². The van der Waals surface area contributed by atoms with E-state index in [1.165, 1.54) is 34.8 Å². The Morgan fingerprint density at radius 1 is 1.20 bits per heavy atom. The van der Waals surface area contributed by atoms with Gasteiger partial charge in [-0.2, -0.15) is 0 Å². The molecule has 130 valence electrons. The fourth-order valence-electron chi connectivity index (χ4n) is 2.42. The number of aryl methyl sites for hydroxylation is 1. The van der Waals surface area contributed by atoms with Crippen LogP contribution in [0.5, 0.6) is 0 Å². The minimum absolute atomic E-state index is 0.0510. The maximum absolute atomic E-state index is 13.0. The van der Waals surface area contributed by atoms with Crippen molar-refractivity contribution in [3.63, 3.8) is 0 Å². The highest BCUT2D eigenvalue weighted by atomic mass is 35.5. The summed E-state index contributed by atoms with van der Waals surface area (Å²) in [6, 6.07) is 10.1. The second-order valence-corrected chi connectivity index (χ2v) is 8.58. The van der Waals surface area contributed by atoms with Crippen LogP contribution in [0.3, 0.4) is 0 Å². The molecule has 0 aliphatic rings. The molecule has 0 aliphatic carbocycles. The summed E-state index contributed by atoms with van der Waals surface area (Å²) >= 11 is 8.80. The maximum atomic E-state index is 13.0. The average Bonchev–Trinajstić information content (AvgIpc) is 3.14. The quantitative estimate of drug-likeness (QED) is 0.598. The number of aromatic nitrogens is 1. The Labute approximate surface area is 158 Å². The minimum Gasteiger partial charge on any atom is -0.336 e. The summed E-state index contributed by atoms with van der Waals surface area (Å²) in [4.78, 5) is 20.6. The molecule has 0 unspecified atom stereocenters. The first-order chi connectivity index (χ1) is 11.9. The van der Waals surface area contributed by atoms with E-state index in [0.717, 1.165) is 21.1 Å². The molecule has 1 aromatic carbocycles. The van der Waals surface area contributed by atoms with Gasteiger partial charge in [-0.3, -0.25) is 4.79 Å². The number of benzene rings is 1. The molecule has 7 heteroatoms. The van der Waals surface area contributed by atoms with Gasteiger partial charge in [-0.25, -0.2) is 9.37 Å². The first kappa shape index (κ1) is 18.0. The summed E-state index contributed by atoms with van der Waals surface area (Å²) in [5.41, 5.74) is 1.69. The monoisotopic (exact) mass is 394 g/mol. The lowest BCUT2D eigenvalue weighted by Gasteiger charge is -2.15. The van der Waals surface area contributed by atoms with Gasteiger partial charge >= 0.3 is 0 Å². The Kier molecular flexibility index (Phi) is 5.51. The van der Waals surface area contributed by atoms with Gasteiger partial charge in [-0.15, -0.1) is 22.7 Å². The Bertz CT molecular complexity index is 889. The molecular formula is C18H16ClFN2OS2. The summed E-state index contributed by atoms with van der Waals surface area (Å²) in [6.07, 6.45) is 0.587. The lowest BCUT2D eigenvalue weighted by atomic mass is 10.1. The van der Waals surface area contributed by atoms with Gasteiger partial charge in [0.05, 0.1) is 21.6 Å². The van der Waals surface area contributed by atoms with Crippen molar-refractivity contribution in [3.05, 3.63) is 72.6 Å². The number of carbonyl (C=O) groups is 1. The van der Waals surface area contributed by atoms with Crippen molar-refractivity contribution in [2.24, 2.45) is 0 Å². The molecule has 0 aliphatic heterocycles. The maximum Gasteiger partial charge on any atom is 0.265 e. The van der Waals surface area contributed by atoms with Crippen molar-refractivity contribution in [2.75, 3.05) is 7.05 Å². The smallest absolute Gasteiger partial charge is 0.265 e. The van der Waals surface area contributed by atoms with E-state index < -0.39 is 0 Å². The van der Waals surface area contributed by atoms with Gasteiger partial charge < -0.3 is 4.90 Å². The van der Waals surface area contributed by atoms with Crippen LogP contribution in [-0.4, -0.2) is 22.8 Å². The molecule has 3 rings (SSSR count). The van der Waals surface area contributed by atoms with E-state index in [-0.39, 0.29) is 11.7 Å². The molecule has 1 amide bonds. The molecule has 2 heterocycles. The number of nitrogens with zero attached hydrogens (tertiary/aromatic N) is 2. The van der Waals surface area contributed by atoms with E-state index in [0.29, 0.717) is 22.2 Å². The third kappa shape index (κ3) is 4.45. The van der Waals surface area contributed by atoms with Crippen molar-refractivity contribution >= 4 is 40.2 Å². The lowest BCUT2D eigenvalue weighted by molar-refractivity contribution is 0.0790. The molecule has 0 radical (unpaired) electrons. The Morgan fingerprint density at radius 2 is 1.92 bits per heavy atom. The van der Waals surface area contributed by atoms with Gasteiger partial charge in [-0.1, -0.05) is 23.7 Å². The highest BCUT2D eigenvalue weighted by molar-refractivity contribution is 7.16. The van der Waals surface area contributed by atoms with Gasteiger partial charge in [-0.05, 0) is 36.8 Å². The predicted octanol–water partition coefficient (Wildman–Crippen LogP) is 5.17. The Hall–Kier alpha value is -1.76. The molecule has 0 N–H and O–H groups in total. The number of amides is 1. The van der Waals surface area contributed by atoms with E-state index in [1.54, 1.807) is 24.1 Å². The van der Waals surface area contributed by atoms with Crippen molar-refractivity contribution in [2.45, 2.75) is 19.9 Å². The van der Waals surface area contributed by atoms with Crippen molar-refractivity contribution in [3.8, 4) is 0 Å². The molecular weight excluding hydrogens is 379 g/mol. The van der Waals surface area contributed by atoms with Gasteiger partial charge in [0.15, 0.2) is 0 Å². The Morgan fingerprint density at radius 3 is 2.56 bits per heavy atom. The van der Waals surface area contributed by atoms with Crippen molar-refractivity contribution in [1.29, 1.82) is 0 Å². The van der Waals surface area contributed by atoms with E-state index in [9.17, 15) is 9.18 Å². The number of thiophene rings is 1. The fraction of sp³-hybridized carbons (Fsp3) is 0.222. The topological polar surface area (TPSA) is 33.2 Å². The second kappa shape index (κ2) is 7.64. The van der Waals surface area contributed by atoms with E-state index in [1.807, 2.05) is 19.1 Å². The zero-order valence-corrected chi connectivity index (χ0v) is 16.1. The summed E-state index contributed by atoms with van der Waals surface area (Å²) in [7, 11) is 1.77. The van der Waals surface area contributed by atoms with E-state index in [2.05, 4.69) is 4.98 Å². The molecule has 3 aromatic rings. The highest BCUT2D eigenvalue weighted by Gasteiger charge is 2.19. The van der Waals surface area contributed by atoms with Gasteiger partial charge in [0.25, 0.3) is 5.91 Å². The summed E-state index contributed by atoms with van der Waals surface area (Å²) in [5, 5.41) is 0.847. The molecule has 0 bridgehead atoms. The number of hydrogen-bond acceptors (Lipinski definition) is 4. The van der Waals surface area contributed by atoms with E-state index >= 15 is 0 Å². The molecule has 0 atom stereocenters. The summed E-state index contributed by atoms with van der Waals surface area (Å²) in [5.74, 6) is -0.310. The molecule has 2 aromatic heterocycles. The zero-order valence-electron chi connectivity index (χ0n) is 13.8. The molecule has 0 spiro atoms. The lowest BCUT2D eigenvalue weighted by Crippen LogP contribution is -2.25. The van der Waals surface area contributed by atoms with Gasteiger partial charge in [0.2, 0.25) is 0 Å². The number of hydrogen-bond donors (Lipinski definition) is 0. The first-order valence-electron chi connectivity index (χ1n) is 7.63. The van der Waals surface area contributed by atoms with Crippen LogP contribution in [0.25, 0.3) is 0 Å². The van der Waals surface area contributed by atoms with Gasteiger partial charge in [0.1, 0.15) is 10.7 Å².